The molecule has 0 bridgehead atoms. The molecule has 0 N–H and O–H groups in total. The summed E-state index contributed by atoms with van der Waals surface area (Å²) in [5.74, 6) is 0. The molecule has 76 valence electrons. The molecule has 0 radical (unpaired) electrons. The fourth-order valence-electron chi connectivity index (χ4n) is 0.522. The maximum Gasteiger partial charge on any atom is 0.508 e. The van der Waals surface area contributed by atoms with Gasteiger partial charge in [0, 0.05) is 0 Å². The van der Waals surface area contributed by atoms with Gasteiger partial charge in [-0.1, -0.05) is 0 Å². The minimum atomic E-state index is -0.945. The van der Waals surface area contributed by atoms with Gasteiger partial charge in [-0.2, -0.15) is 0 Å². The summed E-state index contributed by atoms with van der Waals surface area (Å²) in [5, 5.41) is 8.85. The zero-order valence-corrected chi connectivity index (χ0v) is 7.39. The van der Waals surface area contributed by atoms with Gasteiger partial charge in [-0.05, 0) is 13.8 Å². The summed E-state index contributed by atoms with van der Waals surface area (Å²) < 4.78 is 8.87. The van der Waals surface area contributed by atoms with Gasteiger partial charge < -0.3 is 14.3 Å². The molecule has 7 heteroatoms. The van der Waals surface area contributed by atoms with Crippen molar-refractivity contribution in [2.45, 2.75) is 20.0 Å². The van der Waals surface area contributed by atoms with Crippen molar-refractivity contribution in [1.82, 2.24) is 0 Å². The highest BCUT2D eigenvalue weighted by atomic mass is 17.0. The van der Waals surface area contributed by atoms with Gasteiger partial charge in [0.15, 0.2) is 0 Å². The lowest BCUT2D eigenvalue weighted by Crippen LogP contribution is -2.22. The van der Waals surface area contributed by atoms with Gasteiger partial charge in [-0.15, -0.1) is 10.1 Å². The van der Waals surface area contributed by atoms with Crippen molar-refractivity contribution >= 4 is 6.16 Å². The molecule has 0 unspecified atom stereocenters. The number of hydrogen-bond donors (Lipinski definition) is 0. The highest BCUT2D eigenvalue weighted by Crippen LogP contribution is 1.94. The van der Waals surface area contributed by atoms with E-state index in [2.05, 4.69) is 14.3 Å². The summed E-state index contributed by atoms with van der Waals surface area (Å²) >= 11 is 0. The summed E-state index contributed by atoms with van der Waals surface area (Å²) in [6, 6.07) is 0. The van der Waals surface area contributed by atoms with Gasteiger partial charge in [0.2, 0.25) is 0 Å². The van der Waals surface area contributed by atoms with E-state index >= 15 is 0 Å². The number of nitrogens with zero attached hydrogens (tertiary/aromatic N) is 1. The third-order valence-electron chi connectivity index (χ3n) is 0.964. The van der Waals surface area contributed by atoms with Crippen LogP contribution in [0.1, 0.15) is 13.8 Å². The Morgan fingerprint density at radius 3 is 2.62 bits per heavy atom. The van der Waals surface area contributed by atoms with Crippen LogP contribution in [-0.2, 0) is 14.3 Å². The van der Waals surface area contributed by atoms with E-state index < -0.39 is 17.3 Å². The topological polar surface area (TPSA) is 87.9 Å². The first-order valence-corrected chi connectivity index (χ1v) is 3.67. The first-order valence-electron chi connectivity index (χ1n) is 3.67. The van der Waals surface area contributed by atoms with E-state index in [1.807, 2.05) is 0 Å². The van der Waals surface area contributed by atoms with Crippen LogP contribution in [-0.4, -0.2) is 30.6 Å². The summed E-state index contributed by atoms with van der Waals surface area (Å²) in [5.41, 5.74) is 0. The molecule has 0 aliphatic heterocycles. The quantitative estimate of drug-likeness (QED) is 0.363. The van der Waals surface area contributed by atoms with Crippen LogP contribution in [0.5, 0.6) is 0 Å². The van der Waals surface area contributed by atoms with E-state index in [1.54, 1.807) is 6.92 Å². The van der Waals surface area contributed by atoms with Crippen LogP contribution < -0.4 is 0 Å². The molecule has 0 aliphatic carbocycles. The summed E-state index contributed by atoms with van der Waals surface area (Å²) in [7, 11) is 0. The second kappa shape index (κ2) is 6.04. The molecule has 13 heavy (non-hydrogen) atoms. The average molecular weight is 193 g/mol. The molecule has 0 aromatic carbocycles. The molecule has 1 atom stereocenters. The van der Waals surface area contributed by atoms with Crippen molar-refractivity contribution < 1.29 is 24.2 Å². The predicted molar refractivity (Wildman–Crippen MR) is 40.5 cm³/mol. The normalized spacial score (nSPS) is 11.5. The average Bonchev–Trinajstić information content (AvgIpc) is 2.00. The van der Waals surface area contributed by atoms with Crippen LogP contribution in [0.15, 0.2) is 0 Å². The van der Waals surface area contributed by atoms with Crippen molar-refractivity contribution in [2.75, 3.05) is 13.2 Å². The lowest BCUT2D eigenvalue weighted by atomic mass is 10.4. The summed E-state index contributed by atoms with van der Waals surface area (Å²) in [4.78, 5) is 24.4. The Morgan fingerprint density at radius 2 is 2.15 bits per heavy atom. The molecular weight excluding hydrogens is 182 g/mol. The molecule has 0 fully saturated rings. The monoisotopic (exact) mass is 193 g/mol. The van der Waals surface area contributed by atoms with Gasteiger partial charge in [0.05, 0.1) is 6.61 Å². The Balaban J connectivity index is 3.51. The largest absolute Gasteiger partial charge is 0.508 e. The standard InChI is InChI=1S/C6H11NO6/c1-3-11-6(8)12-4-5(2)13-7(9)10/h5H,3-4H2,1-2H3/t5-/m0/s1. The molecule has 0 saturated heterocycles. The van der Waals surface area contributed by atoms with Gasteiger partial charge in [-0.25, -0.2) is 4.79 Å². The number of carbonyl (C=O) groups excluding carboxylic acids is 1. The van der Waals surface area contributed by atoms with E-state index in [-0.39, 0.29) is 13.2 Å². The van der Waals surface area contributed by atoms with Crippen molar-refractivity contribution in [3.63, 3.8) is 0 Å². The fourth-order valence-corrected chi connectivity index (χ4v) is 0.522. The zero-order valence-electron chi connectivity index (χ0n) is 7.39. The Kier molecular flexibility index (Phi) is 5.33. The first-order chi connectivity index (χ1) is 6.06. The second-order valence-corrected chi connectivity index (χ2v) is 2.13. The van der Waals surface area contributed by atoms with E-state index in [0.717, 1.165) is 0 Å². The third-order valence-corrected chi connectivity index (χ3v) is 0.964. The molecule has 0 rings (SSSR count). The summed E-state index contributed by atoms with van der Waals surface area (Å²) in [6.45, 7) is 3.02. The SMILES string of the molecule is CCOC(=O)OC[C@H](C)O[N+](=O)[O-]. The van der Waals surface area contributed by atoms with Gasteiger partial charge in [0.25, 0.3) is 5.09 Å². The van der Waals surface area contributed by atoms with Crippen LogP contribution in [0.25, 0.3) is 0 Å². The van der Waals surface area contributed by atoms with E-state index in [0.29, 0.717) is 0 Å². The molecule has 0 amide bonds. The van der Waals surface area contributed by atoms with Gasteiger partial charge in [0.1, 0.15) is 12.7 Å². The molecule has 0 spiro atoms. The molecule has 0 aromatic heterocycles. The maximum atomic E-state index is 10.6. The van der Waals surface area contributed by atoms with Crippen molar-refractivity contribution in [3.05, 3.63) is 10.1 Å². The molecule has 7 nitrogen and oxygen atoms in total. The van der Waals surface area contributed by atoms with Crippen LogP contribution >= 0.6 is 0 Å². The Morgan fingerprint density at radius 1 is 1.54 bits per heavy atom. The summed E-state index contributed by atoms with van der Waals surface area (Å²) in [6.07, 6.45) is -1.65. The lowest BCUT2D eigenvalue weighted by Gasteiger charge is -2.09. The smallest absolute Gasteiger partial charge is 0.435 e. The zero-order chi connectivity index (χ0) is 10.3. The molecular formula is C6H11NO6. The van der Waals surface area contributed by atoms with E-state index in [4.69, 9.17) is 0 Å². The van der Waals surface area contributed by atoms with Gasteiger partial charge in [-0.3, -0.25) is 0 Å². The van der Waals surface area contributed by atoms with Crippen LogP contribution in [0.4, 0.5) is 4.79 Å². The van der Waals surface area contributed by atoms with Crippen molar-refractivity contribution in [3.8, 4) is 0 Å². The van der Waals surface area contributed by atoms with Crippen LogP contribution in [0.2, 0.25) is 0 Å². The Bertz CT molecular complexity index is 182. The van der Waals surface area contributed by atoms with Crippen molar-refractivity contribution in [1.29, 1.82) is 0 Å². The van der Waals surface area contributed by atoms with Crippen molar-refractivity contribution in [2.24, 2.45) is 0 Å². The molecule has 0 heterocycles. The third kappa shape index (κ3) is 6.85. The molecule has 0 aliphatic rings. The highest BCUT2D eigenvalue weighted by Gasteiger charge is 2.10. The van der Waals surface area contributed by atoms with Crippen LogP contribution in [0.3, 0.4) is 0 Å². The molecule has 0 saturated carbocycles. The van der Waals surface area contributed by atoms with Gasteiger partial charge >= 0.3 is 6.16 Å². The highest BCUT2D eigenvalue weighted by molar-refractivity contribution is 5.59. The second-order valence-electron chi connectivity index (χ2n) is 2.13. The number of carbonyl (C=O) groups is 1. The Hall–Kier alpha value is -1.53. The minimum Gasteiger partial charge on any atom is -0.435 e. The number of hydrogen-bond acceptors (Lipinski definition) is 6. The predicted octanol–water partition coefficient (Wildman–Crippen LogP) is 0.756. The number of ether oxygens (including phenoxy) is 2. The Labute approximate surface area is 74.7 Å². The minimum absolute atomic E-state index is 0.198. The fraction of sp³-hybridized carbons (Fsp3) is 0.833. The van der Waals surface area contributed by atoms with Crippen LogP contribution in [0, 0.1) is 10.1 Å². The maximum absolute atomic E-state index is 10.6. The van der Waals surface area contributed by atoms with E-state index in [1.165, 1.54) is 6.92 Å². The lowest BCUT2D eigenvalue weighted by molar-refractivity contribution is -0.767. The first kappa shape index (κ1) is 11.5. The number of rotatable bonds is 5. The van der Waals surface area contributed by atoms with E-state index in [9.17, 15) is 14.9 Å². The molecule has 0 aromatic rings.